The Hall–Kier alpha value is -2.71. The Morgan fingerprint density at radius 2 is 0.717 bits per heavy atom. The van der Waals surface area contributed by atoms with Gasteiger partial charge in [0, 0.05) is 42.3 Å². The molecule has 0 bridgehead atoms. The summed E-state index contributed by atoms with van der Waals surface area (Å²) in [6.45, 7) is 28.1. The van der Waals surface area contributed by atoms with Gasteiger partial charge in [0.15, 0.2) is 0 Å². The molecule has 0 aliphatic carbocycles. The van der Waals surface area contributed by atoms with Crippen molar-refractivity contribution in [2.24, 2.45) is 11.8 Å². The van der Waals surface area contributed by atoms with Crippen molar-refractivity contribution in [3.05, 3.63) is 103 Å². The molecule has 0 saturated heterocycles. The summed E-state index contributed by atoms with van der Waals surface area (Å²) in [5.41, 5.74) is 13.0. The van der Waals surface area contributed by atoms with E-state index in [0.29, 0.717) is 11.8 Å². The lowest BCUT2D eigenvalue weighted by Gasteiger charge is -2.39. The maximum absolute atomic E-state index is 3.78. The van der Waals surface area contributed by atoms with Gasteiger partial charge in [-0.25, -0.2) is 0 Å². The zero-order valence-corrected chi connectivity index (χ0v) is 34.9. The molecule has 0 N–H and O–H groups in total. The quantitative estimate of drug-likeness (QED) is 0.183. The molecule has 46 heavy (non-hydrogen) atoms. The van der Waals surface area contributed by atoms with Crippen molar-refractivity contribution in [1.29, 1.82) is 0 Å². The lowest BCUT2D eigenvalue weighted by atomic mass is 9.99. The van der Waals surface area contributed by atoms with Crippen molar-refractivity contribution in [2.75, 3.05) is 0 Å². The predicted molar refractivity (Wildman–Crippen MR) is 213 cm³/mol. The molecule has 0 unspecified atom stereocenters. The molecule has 0 radical (unpaired) electrons. The molecular weight excluding hydrogens is 720 g/mol. The van der Waals surface area contributed by atoms with E-state index in [2.05, 4.69) is 184 Å². The molecule has 238 valence electrons. The first kappa shape index (κ1) is 37.7. The highest BCUT2D eigenvalue weighted by molar-refractivity contribution is 9.13. The Balaban J connectivity index is 1.94. The average molecular weight is 769 g/mol. The van der Waals surface area contributed by atoms with Crippen LogP contribution in [0.15, 0.2) is 69.6 Å². The molecule has 0 aromatic heterocycles. The molecule has 0 heterocycles. The third-order valence-corrected chi connectivity index (χ3v) is 22.0. The van der Waals surface area contributed by atoms with Gasteiger partial charge in [0.25, 0.3) is 0 Å². The molecule has 0 spiro atoms. The second-order valence-electron chi connectivity index (χ2n) is 14.9. The van der Waals surface area contributed by atoms with Crippen LogP contribution in [0.25, 0.3) is 0 Å². The SMILES string of the molecule is CC(C)C(C)(C)[Si](C)(C)C#Cc1ccccc1C#Cc1ccc(C#Cc2ccccc2C#C[Si](C)(C)C(C)(C)C(C)C)c(Br)c1Br. The molecule has 4 heteroatoms. The van der Waals surface area contributed by atoms with E-state index in [1.807, 2.05) is 36.4 Å². The number of hydrogen-bond donors (Lipinski definition) is 0. The number of halogens is 2. The average Bonchev–Trinajstić information content (AvgIpc) is 2.99. The zero-order valence-electron chi connectivity index (χ0n) is 29.7. The summed E-state index contributed by atoms with van der Waals surface area (Å²) >= 11 is 7.55. The van der Waals surface area contributed by atoms with Crippen LogP contribution < -0.4 is 0 Å². The van der Waals surface area contributed by atoms with Crippen molar-refractivity contribution in [1.82, 2.24) is 0 Å². The number of hydrogen-bond acceptors (Lipinski definition) is 0. The normalized spacial score (nSPS) is 11.8. The van der Waals surface area contributed by atoms with Gasteiger partial charge in [0.2, 0.25) is 0 Å². The summed E-state index contributed by atoms with van der Waals surface area (Å²) in [7, 11) is -3.62. The van der Waals surface area contributed by atoms with Crippen LogP contribution in [0, 0.1) is 58.4 Å². The summed E-state index contributed by atoms with van der Waals surface area (Å²) in [6, 6.07) is 20.4. The first-order chi connectivity index (χ1) is 21.3. The van der Waals surface area contributed by atoms with E-state index < -0.39 is 16.1 Å². The topological polar surface area (TPSA) is 0 Å². The third kappa shape index (κ3) is 8.60. The Morgan fingerprint density at radius 1 is 0.457 bits per heavy atom. The standard InChI is InChI=1S/C42H48Br2Si2/c1-31(2)41(5,6)45(9,10)29-27-35-19-15-13-17-33(35)21-23-37-25-26-38(40(44)39(37)43)24-22-34-18-14-16-20-36(34)28-30-46(11,12)42(7,8)32(3)4/h13-20,25-26,31-32H,1-12H3. The van der Waals surface area contributed by atoms with Crippen LogP contribution in [0.3, 0.4) is 0 Å². The lowest BCUT2D eigenvalue weighted by molar-refractivity contribution is 0.462. The summed E-state index contributed by atoms with van der Waals surface area (Å²) < 4.78 is 1.78. The second-order valence-corrected chi connectivity index (χ2v) is 26.0. The molecule has 0 fully saturated rings. The van der Waals surface area contributed by atoms with Crippen molar-refractivity contribution in [3.8, 4) is 46.6 Å². The smallest absolute Gasteiger partial charge is 0.126 e. The van der Waals surface area contributed by atoms with Gasteiger partial charge < -0.3 is 0 Å². The van der Waals surface area contributed by atoms with E-state index in [1.54, 1.807) is 0 Å². The summed E-state index contributed by atoms with van der Waals surface area (Å²) in [6.07, 6.45) is 0. The molecule has 0 amide bonds. The second kappa shape index (κ2) is 15.0. The van der Waals surface area contributed by atoms with E-state index in [4.69, 9.17) is 0 Å². The number of rotatable bonds is 4. The Labute approximate surface area is 299 Å². The van der Waals surface area contributed by atoms with Crippen LogP contribution in [0.2, 0.25) is 36.3 Å². The van der Waals surface area contributed by atoms with E-state index in [1.165, 1.54) is 0 Å². The lowest BCUT2D eigenvalue weighted by Crippen LogP contribution is -2.41. The molecule has 3 aromatic carbocycles. The highest BCUT2D eigenvalue weighted by atomic mass is 79.9. The van der Waals surface area contributed by atoms with Crippen LogP contribution in [-0.4, -0.2) is 16.1 Å². The zero-order chi connectivity index (χ0) is 34.5. The van der Waals surface area contributed by atoms with Gasteiger partial charge in [-0.15, -0.1) is 11.1 Å². The van der Waals surface area contributed by atoms with Crippen molar-refractivity contribution >= 4 is 48.0 Å². The third-order valence-electron chi connectivity index (χ3n) is 10.7. The summed E-state index contributed by atoms with van der Waals surface area (Å²) in [5.74, 6) is 21.7. The minimum absolute atomic E-state index is 0.209. The van der Waals surface area contributed by atoms with Gasteiger partial charge in [0.1, 0.15) is 16.1 Å². The molecular formula is C42H48Br2Si2. The van der Waals surface area contributed by atoms with Gasteiger partial charge in [-0.2, -0.15) is 0 Å². The molecule has 0 saturated carbocycles. The van der Waals surface area contributed by atoms with Gasteiger partial charge in [0.05, 0.1) is 0 Å². The summed E-state index contributed by atoms with van der Waals surface area (Å²) in [4.78, 5) is 0. The first-order valence-corrected chi connectivity index (χ1v) is 23.7. The fourth-order valence-corrected chi connectivity index (χ4v) is 9.94. The maximum Gasteiger partial charge on any atom is 0.138 e. The molecule has 0 atom stereocenters. The molecule has 3 rings (SSSR count). The minimum Gasteiger partial charge on any atom is -0.126 e. The summed E-state index contributed by atoms with van der Waals surface area (Å²) in [5, 5.41) is 0.419. The monoisotopic (exact) mass is 766 g/mol. The Bertz CT molecular complexity index is 1710. The fraction of sp³-hybridized carbons (Fsp3) is 0.381. The van der Waals surface area contributed by atoms with Gasteiger partial charge in [-0.3, -0.25) is 0 Å². The minimum atomic E-state index is -1.81. The highest BCUT2D eigenvalue weighted by Crippen LogP contribution is 2.44. The van der Waals surface area contributed by atoms with Crippen LogP contribution in [-0.2, 0) is 0 Å². The highest BCUT2D eigenvalue weighted by Gasteiger charge is 2.41. The van der Waals surface area contributed by atoms with E-state index in [9.17, 15) is 0 Å². The molecule has 0 aliphatic heterocycles. The Kier molecular flexibility index (Phi) is 12.3. The van der Waals surface area contributed by atoms with Gasteiger partial charge >= 0.3 is 0 Å². The van der Waals surface area contributed by atoms with Crippen molar-refractivity contribution < 1.29 is 0 Å². The van der Waals surface area contributed by atoms with E-state index in [-0.39, 0.29) is 10.1 Å². The molecule has 3 aromatic rings. The van der Waals surface area contributed by atoms with Crippen LogP contribution in [0.5, 0.6) is 0 Å². The van der Waals surface area contributed by atoms with Crippen molar-refractivity contribution in [2.45, 2.75) is 91.7 Å². The van der Waals surface area contributed by atoms with Crippen LogP contribution >= 0.6 is 31.9 Å². The van der Waals surface area contributed by atoms with Gasteiger partial charge in [-0.05, 0) is 90.2 Å². The van der Waals surface area contributed by atoms with Crippen LogP contribution in [0.4, 0.5) is 0 Å². The fourth-order valence-electron chi connectivity index (χ4n) is 4.63. The number of benzene rings is 3. The molecule has 0 nitrogen and oxygen atoms in total. The van der Waals surface area contributed by atoms with Crippen LogP contribution in [0.1, 0.15) is 88.8 Å². The van der Waals surface area contributed by atoms with Crippen molar-refractivity contribution in [3.63, 3.8) is 0 Å². The van der Waals surface area contributed by atoms with Gasteiger partial charge in [-0.1, -0.05) is 141 Å². The Morgan fingerprint density at radius 3 is 1.00 bits per heavy atom. The van der Waals surface area contributed by atoms with E-state index >= 15 is 0 Å². The maximum atomic E-state index is 3.78. The van der Waals surface area contributed by atoms with E-state index in [0.717, 1.165) is 42.3 Å². The molecule has 0 aliphatic rings. The predicted octanol–water partition coefficient (Wildman–Crippen LogP) is 12.1. The first-order valence-electron chi connectivity index (χ1n) is 16.1. The largest absolute Gasteiger partial charge is 0.138 e.